The number of hydrogen-bond acceptors (Lipinski definition) is 3. The van der Waals surface area contributed by atoms with E-state index in [4.69, 9.17) is 11.6 Å². The molecule has 0 fully saturated rings. The maximum absolute atomic E-state index is 13.4. The van der Waals surface area contributed by atoms with E-state index in [9.17, 15) is 35.2 Å². The lowest BCUT2D eigenvalue weighted by Gasteiger charge is -2.18. The first kappa shape index (κ1) is 23.2. The molecular weight excluding hydrogens is 469 g/mol. The van der Waals surface area contributed by atoms with E-state index in [0.717, 1.165) is 12.1 Å². The minimum Gasteiger partial charge on any atom is -0.334 e. The molecule has 3 rings (SSSR count). The van der Waals surface area contributed by atoms with Gasteiger partial charge in [-0.1, -0.05) is 17.7 Å². The second kappa shape index (κ2) is 8.24. The Balaban J connectivity index is 2.05. The number of benzene rings is 1. The summed E-state index contributed by atoms with van der Waals surface area (Å²) >= 11 is 6.17. The molecule has 1 amide bonds. The highest BCUT2D eigenvalue weighted by atomic mass is 35.5. The zero-order chi connectivity index (χ0) is 23.1. The summed E-state index contributed by atoms with van der Waals surface area (Å²) in [7, 11) is -4.78. The van der Waals surface area contributed by atoms with Crippen LogP contribution in [0.5, 0.6) is 0 Å². The lowest BCUT2D eigenvalue weighted by atomic mass is 10.2. The first-order valence-electron chi connectivity index (χ1n) is 8.77. The molecule has 1 aliphatic heterocycles. The topological polar surface area (TPSA) is 80.2 Å². The molecule has 2 aromatic rings. The van der Waals surface area contributed by atoms with Gasteiger partial charge in [0.05, 0.1) is 10.7 Å². The smallest absolute Gasteiger partial charge is 0.334 e. The van der Waals surface area contributed by atoms with E-state index in [1.54, 1.807) is 6.08 Å². The van der Waals surface area contributed by atoms with Gasteiger partial charge in [0.15, 0.2) is 11.6 Å². The summed E-state index contributed by atoms with van der Waals surface area (Å²) in [6.45, 7) is 0.747. The fourth-order valence-corrected chi connectivity index (χ4v) is 5.07. The van der Waals surface area contributed by atoms with Crippen molar-refractivity contribution in [2.24, 2.45) is 0 Å². The molecule has 1 atom stereocenters. The lowest BCUT2D eigenvalue weighted by Crippen LogP contribution is -2.43. The molecule has 0 spiro atoms. The maximum atomic E-state index is 13.4. The van der Waals surface area contributed by atoms with E-state index in [-0.39, 0.29) is 23.6 Å². The quantitative estimate of drug-likeness (QED) is 0.622. The van der Waals surface area contributed by atoms with Gasteiger partial charge in [-0.2, -0.15) is 17.9 Å². The summed E-state index contributed by atoms with van der Waals surface area (Å²) < 4.78 is 93.3. The van der Waals surface area contributed by atoms with Gasteiger partial charge in [-0.05, 0) is 31.6 Å². The van der Waals surface area contributed by atoms with E-state index < -0.39 is 49.7 Å². The van der Waals surface area contributed by atoms with Gasteiger partial charge < -0.3 is 9.88 Å². The second-order valence-electron chi connectivity index (χ2n) is 6.69. The van der Waals surface area contributed by atoms with Crippen molar-refractivity contribution >= 4 is 39.3 Å². The van der Waals surface area contributed by atoms with Gasteiger partial charge >= 0.3 is 6.18 Å². The van der Waals surface area contributed by atoms with Crippen LogP contribution in [0.2, 0.25) is 5.02 Å². The second-order valence-corrected chi connectivity index (χ2v) is 8.72. The van der Waals surface area contributed by atoms with Crippen LogP contribution in [0.15, 0.2) is 29.2 Å². The summed E-state index contributed by atoms with van der Waals surface area (Å²) in [6, 6.07) is 0.164. The Bertz CT molecular complexity index is 1180. The predicted molar refractivity (Wildman–Crippen MR) is 103 cm³/mol. The van der Waals surface area contributed by atoms with E-state index >= 15 is 0 Å². The Labute approximate surface area is 178 Å². The third-order valence-corrected chi connectivity index (χ3v) is 6.57. The molecule has 0 radical (unpaired) electrons. The van der Waals surface area contributed by atoms with Crippen molar-refractivity contribution in [1.82, 2.24) is 9.29 Å². The van der Waals surface area contributed by atoms with Crippen molar-refractivity contribution in [3.63, 3.8) is 0 Å². The molecule has 0 bridgehead atoms. The molecule has 0 aliphatic carbocycles. The van der Waals surface area contributed by atoms with E-state index in [2.05, 4.69) is 5.32 Å². The van der Waals surface area contributed by atoms with Crippen LogP contribution < -0.4 is 10.0 Å². The highest BCUT2D eigenvalue weighted by Crippen LogP contribution is 2.36. The number of carbonyl (C=O) groups excluding carboxylic acids is 1. The van der Waals surface area contributed by atoms with E-state index in [1.807, 2.05) is 0 Å². The molecule has 0 unspecified atom stereocenters. The van der Waals surface area contributed by atoms with Crippen LogP contribution in [-0.4, -0.2) is 31.1 Å². The molecular formula is C18H15ClF5N3O3S. The van der Waals surface area contributed by atoms with Crippen LogP contribution >= 0.6 is 11.6 Å². The van der Waals surface area contributed by atoms with Crippen LogP contribution in [0, 0.1) is 11.6 Å². The van der Waals surface area contributed by atoms with Crippen LogP contribution in [0.4, 0.5) is 27.6 Å². The molecule has 2 N–H and O–H groups in total. The summed E-state index contributed by atoms with van der Waals surface area (Å²) in [5.74, 6) is -3.31. The van der Waals surface area contributed by atoms with E-state index in [0.29, 0.717) is 19.4 Å². The minimum atomic E-state index is -4.85. The highest BCUT2D eigenvalue weighted by Gasteiger charge is 2.41. The third-order valence-electron chi connectivity index (χ3n) is 4.48. The van der Waals surface area contributed by atoms with Crippen LogP contribution in [0.25, 0.3) is 6.08 Å². The molecule has 0 saturated carbocycles. The number of allylic oxidation sites excluding steroid dienone is 1. The Kier molecular flexibility index (Phi) is 6.18. The summed E-state index contributed by atoms with van der Waals surface area (Å²) in [4.78, 5) is 12.1. The van der Waals surface area contributed by atoms with Crippen molar-refractivity contribution in [2.75, 3.05) is 5.32 Å². The average Bonchev–Trinajstić information content (AvgIpc) is 2.96. The normalized spacial score (nSPS) is 14.9. The number of anilines is 1. The molecule has 13 heteroatoms. The Morgan fingerprint density at radius 2 is 1.90 bits per heavy atom. The average molecular weight is 484 g/mol. The SMILES string of the molecule is C[C@@H](NS(=O)(=O)c1c(Cl)c(C(=O)Nc2ccc(F)c(F)c2)n2c1C=CCC2)C(F)(F)F. The number of rotatable bonds is 5. The summed E-state index contributed by atoms with van der Waals surface area (Å²) in [6.07, 6.45) is -1.54. The number of aromatic nitrogens is 1. The highest BCUT2D eigenvalue weighted by molar-refractivity contribution is 7.89. The van der Waals surface area contributed by atoms with Crippen molar-refractivity contribution in [1.29, 1.82) is 0 Å². The van der Waals surface area contributed by atoms with Crippen molar-refractivity contribution < 1.29 is 35.2 Å². The molecule has 1 aromatic carbocycles. The first-order chi connectivity index (χ1) is 14.3. The molecule has 1 aliphatic rings. The van der Waals surface area contributed by atoms with Gasteiger partial charge in [-0.25, -0.2) is 17.2 Å². The molecule has 31 heavy (non-hydrogen) atoms. The number of sulfonamides is 1. The number of nitrogens with zero attached hydrogens (tertiary/aromatic N) is 1. The molecule has 0 saturated heterocycles. The standard InChI is InChI=1S/C18H15ClF5N3O3S/c1-9(18(22,23)24)26-31(29,30)16-13-4-2-3-7-27(13)15(14(16)19)17(28)25-10-5-6-11(20)12(21)8-10/h2,4-6,8-9,26H,3,7H2,1H3,(H,25,28)/t9-/m1/s1. The number of halogens is 6. The van der Waals surface area contributed by atoms with Gasteiger partial charge in [0.25, 0.3) is 5.91 Å². The van der Waals surface area contributed by atoms with Gasteiger partial charge in [0.2, 0.25) is 10.0 Å². The Morgan fingerprint density at radius 3 is 2.52 bits per heavy atom. The largest absolute Gasteiger partial charge is 0.404 e. The number of carbonyl (C=O) groups is 1. The molecule has 1 aromatic heterocycles. The molecule has 6 nitrogen and oxygen atoms in total. The van der Waals surface area contributed by atoms with Crippen molar-refractivity contribution in [3.8, 4) is 0 Å². The Morgan fingerprint density at radius 1 is 1.23 bits per heavy atom. The Hall–Kier alpha value is -2.44. The molecule has 2 heterocycles. The van der Waals surface area contributed by atoms with E-state index in [1.165, 1.54) is 15.4 Å². The molecule has 168 valence electrons. The van der Waals surface area contributed by atoms with Gasteiger partial charge in [0, 0.05) is 18.3 Å². The van der Waals surface area contributed by atoms with Crippen molar-refractivity contribution in [2.45, 2.75) is 37.0 Å². The fourth-order valence-electron chi connectivity index (χ4n) is 2.98. The van der Waals surface area contributed by atoms with Crippen LogP contribution in [0.1, 0.15) is 29.5 Å². The lowest BCUT2D eigenvalue weighted by molar-refractivity contribution is -0.147. The number of hydrogen-bond donors (Lipinski definition) is 2. The summed E-state index contributed by atoms with van der Waals surface area (Å²) in [5, 5.41) is 1.68. The first-order valence-corrected chi connectivity index (χ1v) is 10.6. The maximum Gasteiger partial charge on any atom is 0.404 e. The number of amides is 1. The van der Waals surface area contributed by atoms with Gasteiger partial charge in [-0.3, -0.25) is 4.79 Å². The van der Waals surface area contributed by atoms with Crippen molar-refractivity contribution in [3.05, 3.63) is 52.3 Å². The number of alkyl halides is 3. The predicted octanol–water partition coefficient (Wildman–Crippen LogP) is 4.32. The van der Waals surface area contributed by atoms with Gasteiger partial charge in [-0.15, -0.1) is 0 Å². The number of fused-ring (bicyclic) bond motifs is 1. The monoisotopic (exact) mass is 483 g/mol. The van der Waals surface area contributed by atoms with Crippen LogP contribution in [0.3, 0.4) is 0 Å². The zero-order valence-corrected chi connectivity index (χ0v) is 17.3. The summed E-state index contributed by atoms with van der Waals surface area (Å²) in [5.41, 5.74) is -0.547. The number of nitrogens with one attached hydrogen (secondary N) is 2. The van der Waals surface area contributed by atoms with Gasteiger partial charge in [0.1, 0.15) is 16.6 Å². The zero-order valence-electron chi connectivity index (χ0n) is 15.7. The van der Waals surface area contributed by atoms with Crippen LogP contribution in [-0.2, 0) is 16.6 Å². The fraction of sp³-hybridized carbons (Fsp3) is 0.278. The third kappa shape index (κ3) is 4.60. The minimum absolute atomic E-state index is 0.0754.